The second kappa shape index (κ2) is 4.14. The molecule has 0 aliphatic carbocycles. The molecule has 1 aliphatic rings. The van der Waals surface area contributed by atoms with Crippen LogP contribution in [0, 0.1) is 0 Å². The van der Waals surface area contributed by atoms with Crippen LogP contribution in [0.5, 0.6) is 0 Å². The van der Waals surface area contributed by atoms with E-state index in [4.69, 9.17) is 10.3 Å². The van der Waals surface area contributed by atoms with Gasteiger partial charge in [-0.25, -0.2) is 0 Å². The quantitative estimate of drug-likeness (QED) is 0.851. The Bertz CT molecular complexity index is 341. The molecule has 0 radical (unpaired) electrons. The lowest BCUT2D eigenvalue weighted by molar-refractivity contribution is 0.353. The third kappa shape index (κ3) is 2.18. The predicted octanol–water partition coefficient (Wildman–Crippen LogP) is 1.70. The molecule has 0 spiro atoms. The minimum absolute atomic E-state index is 0.375. The molecule has 0 saturated carbocycles. The fourth-order valence-corrected chi connectivity index (χ4v) is 3.09. The van der Waals surface area contributed by atoms with Gasteiger partial charge in [-0.1, -0.05) is 19.0 Å². The molecule has 0 aromatic carbocycles. The summed E-state index contributed by atoms with van der Waals surface area (Å²) in [5.74, 6) is 2.28. The van der Waals surface area contributed by atoms with Crippen molar-refractivity contribution in [1.29, 1.82) is 0 Å². The maximum Gasteiger partial charge on any atom is 0.226 e. The lowest BCUT2D eigenvalue weighted by Gasteiger charge is -2.17. The van der Waals surface area contributed by atoms with Crippen molar-refractivity contribution in [1.82, 2.24) is 10.1 Å². The van der Waals surface area contributed by atoms with E-state index in [1.807, 2.05) is 11.8 Å². The highest BCUT2D eigenvalue weighted by Crippen LogP contribution is 2.38. The van der Waals surface area contributed by atoms with Gasteiger partial charge in [0.2, 0.25) is 5.89 Å². The fraction of sp³-hybridized carbons (Fsp3) is 0.800. The average molecular weight is 227 g/mol. The second-order valence-corrected chi connectivity index (χ2v) is 5.67. The first-order chi connectivity index (χ1) is 7.14. The van der Waals surface area contributed by atoms with E-state index in [0.29, 0.717) is 17.0 Å². The van der Waals surface area contributed by atoms with Gasteiger partial charge in [0.05, 0.1) is 5.54 Å². The summed E-state index contributed by atoms with van der Waals surface area (Å²) in [5.41, 5.74) is 5.90. The van der Waals surface area contributed by atoms with Crippen molar-refractivity contribution in [2.24, 2.45) is 5.73 Å². The van der Waals surface area contributed by atoms with Crippen LogP contribution in [0.4, 0.5) is 0 Å². The monoisotopic (exact) mass is 227 g/mol. The van der Waals surface area contributed by atoms with Crippen molar-refractivity contribution in [3.05, 3.63) is 11.7 Å². The molecule has 4 nitrogen and oxygen atoms in total. The van der Waals surface area contributed by atoms with Crippen molar-refractivity contribution in [2.75, 3.05) is 5.75 Å². The van der Waals surface area contributed by atoms with Gasteiger partial charge in [0.25, 0.3) is 0 Å². The normalized spacial score (nSPS) is 31.0. The number of nitrogens with two attached hydrogens (primary N) is 1. The Morgan fingerprint density at radius 3 is 3.07 bits per heavy atom. The summed E-state index contributed by atoms with van der Waals surface area (Å²) < 4.78 is 5.17. The highest BCUT2D eigenvalue weighted by molar-refractivity contribution is 8.00. The molecule has 0 bridgehead atoms. The summed E-state index contributed by atoms with van der Waals surface area (Å²) in [7, 11) is 0. The lowest BCUT2D eigenvalue weighted by atomic mass is 9.97. The largest absolute Gasteiger partial charge is 0.339 e. The molecule has 2 rings (SSSR count). The molecular weight excluding hydrogens is 210 g/mol. The Hall–Kier alpha value is -0.550. The van der Waals surface area contributed by atoms with Gasteiger partial charge in [0.1, 0.15) is 0 Å². The number of nitrogens with zero attached hydrogens (tertiary/aromatic N) is 2. The summed E-state index contributed by atoms with van der Waals surface area (Å²) in [6, 6.07) is 0. The highest BCUT2D eigenvalue weighted by Gasteiger charge is 2.39. The number of aromatic nitrogens is 2. The summed E-state index contributed by atoms with van der Waals surface area (Å²) in [6.07, 6.45) is 2.79. The van der Waals surface area contributed by atoms with E-state index < -0.39 is 0 Å². The van der Waals surface area contributed by atoms with Crippen molar-refractivity contribution < 1.29 is 4.52 Å². The summed E-state index contributed by atoms with van der Waals surface area (Å²) in [4.78, 5) is 4.37. The maximum atomic E-state index is 6.27. The van der Waals surface area contributed by atoms with Gasteiger partial charge in [0.15, 0.2) is 5.82 Å². The Kier molecular flexibility index (Phi) is 3.02. The van der Waals surface area contributed by atoms with E-state index in [0.717, 1.165) is 25.0 Å². The van der Waals surface area contributed by atoms with E-state index >= 15 is 0 Å². The van der Waals surface area contributed by atoms with Crippen LogP contribution in [0.25, 0.3) is 0 Å². The van der Waals surface area contributed by atoms with Crippen molar-refractivity contribution in [3.8, 4) is 0 Å². The van der Waals surface area contributed by atoms with Gasteiger partial charge in [-0.3, -0.25) is 0 Å². The molecule has 2 N–H and O–H groups in total. The number of hydrogen-bond acceptors (Lipinski definition) is 5. The fourth-order valence-electron chi connectivity index (χ4n) is 1.85. The summed E-state index contributed by atoms with van der Waals surface area (Å²) >= 11 is 1.87. The van der Waals surface area contributed by atoms with Crippen LogP contribution >= 0.6 is 11.8 Å². The molecule has 1 aliphatic heterocycles. The zero-order chi connectivity index (χ0) is 10.9. The minimum Gasteiger partial charge on any atom is -0.339 e. The van der Waals surface area contributed by atoms with E-state index in [9.17, 15) is 0 Å². The number of aryl methyl sites for hydroxylation is 1. The van der Waals surface area contributed by atoms with Crippen molar-refractivity contribution in [3.63, 3.8) is 0 Å². The first kappa shape index (κ1) is 11.0. The average Bonchev–Trinajstić information content (AvgIpc) is 2.75. The topological polar surface area (TPSA) is 64.9 Å². The molecule has 0 amide bonds. The smallest absolute Gasteiger partial charge is 0.226 e. The lowest BCUT2D eigenvalue weighted by Crippen LogP contribution is -2.38. The van der Waals surface area contributed by atoms with Gasteiger partial charge in [-0.2, -0.15) is 16.7 Å². The molecule has 2 unspecified atom stereocenters. The van der Waals surface area contributed by atoms with E-state index in [2.05, 4.69) is 24.0 Å². The van der Waals surface area contributed by atoms with Gasteiger partial charge < -0.3 is 10.3 Å². The minimum atomic E-state index is -0.375. The summed E-state index contributed by atoms with van der Waals surface area (Å²) in [5, 5.41) is 4.58. The molecule has 84 valence electrons. The molecular formula is C10H17N3OS. The molecule has 15 heavy (non-hydrogen) atoms. The van der Waals surface area contributed by atoms with Gasteiger partial charge in [0, 0.05) is 17.4 Å². The molecule has 2 heterocycles. The first-order valence-electron chi connectivity index (χ1n) is 5.37. The third-order valence-corrected chi connectivity index (χ3v) is 4.07. The van der Waals surface area contributed by atoms with Crippen LogP contribution in [-0.4, -0.2) is 21.1 Å². The third-order valence-electron chi connectivity index (χ3n) is 2.65. The van der Waals surface area contributed by atoms with E-state index in [1.165, 1.54) is 0 Å². The molecule has 5 heteroatoms. The van der Waals surface area contributed by atoms with Crippen molar-refractivity contribution in [2.45, 2.75) is 43.9 Å². The number of hydrogen-bond donors (Lipinski definition) is 1. The van der Waals surface area contributed by atoms with Crippen LogP contribution < -0.4 is 5.73 Å². The molecule has 1 aromatic heterocycles. The van der Waals surface area contributed by atoms with Crippen molar-refractivity contribution >= 4 is 11.8 Å². The molecule has 1 aromatic rings. The van der Waals surface area contributed by atoms with Gasteiger partial charge in [-0.15, -0.1) is 0 Å². The zero-order valence-electron chi connectivity index (χ0n) is 9.19. The molecule has 1 fully saturated rings. The van der Waals surface area contributed by atoms with E-state index in [1.54, 1.807) is 0 Å². The van der Waals surface area contributed by atoms with Crippen LogP contribution in [0.3, 0.4) is 0 Å². The predicted molar refractivity (Wildman–Crippen MR) is 60.7 cm³/mol. The Labute approximate surface area is 94.0 Å². The Morgan fingerprint density at radius 2 is 2.47 bits per heavy atom. The Morgan fingerprint density at radius 1 is 1.67 bits per heavy atom. The summed E-state index contributed by atoms with van der Waals surface area (Å²) in [6.45, 7) is 4.28. The van der Waals surface area contributed by atoms with Gasteiger partial charge >= 0.3 is 0 Å². The number of thioether (sulfide) groups is 1. The molecule has 1 saturated heterocycles. The van der Waals surface area contributed by atoms with Gasteiger partial charge in [-0.05, 0) is 12.8 Å². The number of rotatable bonds is 3. The zero-order valence-corrected chi connectivity index (χ0v) is 10.0. The second-order valence-electron chi connectivity index (χ2n) is 4.24. The van der Waals surface area contributed by atoms with Crippen LogP contribution in [0.1, 0.15) is 38.4 Å². The SMILES string of the molecule is CCCc1nc(C2(N)CSC(C)C2)no1. The van der Waals surface area contributed by atoms with E-state index in [-0.39, 0.29) is 5.54 Å². The highest BCUT2D eigenvalue weighted by atomic mass is 32.2. The van der Waals surface area contributed by atoms with Crippen LogP contribution in [0.15, 0.2) is 4.52 Å². The first-order valence-corrected chi connectivity index (χ1v) is 6.42. The maximum absolute atomic E-state index is 6.27. The van der Waals surface area contributed by atoms with Crippen LogP contribution in [-0.2, 0) is 12.0 Å². The molecule has 2 atom stereocenters. The standard InChI is InChI=1S/C10H17N3OS/c1-3-4-8-12-9(13-14-8)10(11)5-7(2)15-6-10/h7H,3-6,11H2,1-2H3. The Balaban J connectivity index is 2.14. The van der Waals surface area contributed by atoms with Crippen LogP contribution in [0.2, 0.25) is 0 Å².